The van der Waals surface area contributed by atoms with Gasteiger partial charge in [-0.2, -0.15) is 30.6 Å². The first-order valence-corrected chi connectivity index (χ1v) is 17.4. The largest absolute Gasteiger partial charge is 3.00 e. The van der Waals surface area contributed by atoms with Gasteiger partial charge in [0.25, 0.3) is 0 Å². The molecular formula is C42H33MnN6O3S3. The molecule has 0 heterocycles. The van der Waals surface area contributed by atoms with E-state index in [2.05, 4.69) is 30.6 Å². The summed E-state index contributed by atoms with van der Waals surface area (Å²) in [5.41, 5.74) is 4.37. The van der Waals surface area contributed by atoms with Crippen LogP contribution in [0.2, 0.25) is 0 Å². The summed E-state index contributed by atoms with van der Waals surface area (Å²) in [5.74, 6) is 0.506. The van der Waals surface area contributed by atoms with Crippen LogP contribution in [-0.4, -0.2) is 49.1 Å². The van der Waals surface area contributed by atoms with Crippen LogP contribution in [0.1, 0.15) is 33.4 Å². The Labute approximate surface area is 347 Å². The van der Waals surface area contributed by atoms with E-state index in [1.165, 1.54) is 18.6 Å². The molecule has 274 valence electrons. The Kier molecular flexibility index (Phi) is 19.1. The van der Waals surface area contributed by atoms with Crippen molar-refractivity contribution in [1.82, 2.24) is 0 Å². The number of phenolic OH excluding ortho intramolecular Hbond substituents is 3. The van der Waals surface area contributed by atoms with E-state index >= 15 is 0 Å². The summed E-state index contributed by atoms with van der Waals surface area (Å²) in [4.78, 5) is 0. The Morgan fingerprint density at radius 2 is 0.564 bits per heavy atom. The third kappa shape index (κ3) is 15.4. The third-order valence-corrected chi connectivity index (χ3v) is 7.86. The van der Waals surface area contributed by atoms with E-state index in [1.54, 1.807) is 54.6 Å². The maximum Gasteiger partial charge on any atom is 3.00 e. The Hall–Kier alpha value is -6.08. The second-order valence-electron chi connectivity index (χ2n) is 10.7. The Bertz CT molecular complexity index is 2000. The number of phenols is 3. The molecule has 0 saturated carbocycles. The second-order valence-corrected chi connectivity index (χ2v) is 11.9. The summed E-state index contributed by atoms with van der Waals surface area (Å²) < 4.78 is 0. The van der Waals surface area contributed by atoms with Crippen molar-refractivity contribution in [3.8, 4) is 17.2 Å². The third-order valence-electron chi connectivity index (χ3n) is 6.91. The summed E-state index contributed by atoms with van der Waals surface area (Å²) >= 11 is 15.4. The molecule has 6 aromatic rings. The molecule has 0 aliphatic rings. The smallest absolute Gasteiger partial charge is 0.758 e. The van der Waals surface area contributed by atoms with Crippen LogP contribution in [0, 0.1) is 0 Å². The van der Waals surface area contributed by atoms with Gasteiger partial charge in [-0.3, -0.25) is 0 Å². The van der Waals surface area contributed by atoms with Crippen molar-refractivity contribution in [1.29, 1.82) is 0 Å². The first kappa shape index (κ1) is 43.3. The van der Waals surface area contributed by atoms with Gasteiger partial charge in [-0.15, -0.1) is 0 Å². The molecule has 0 atom stereocenters. The monoisotopic (exact) mass is 820 g/mol. The van der Waals surface area contributed by atoms with Crippen molar-refractivity contribution in [3.05, 3.63) is 197 Å². The molecule has 0 aromatic heterocycles. The molecule has 13 heteroatoms. The summed E-state index contributed by atoms with van der Waals surface area (Å²) in [7, 11) is 0. The van der Waals surface area contributed by atoms with Crippen LogP contribution >= 0.6 is 0 Å². The summed E-state index contributed by atoms with van der Waals surface area (Å²) in [6.07, 6.45) is 4.43. The molecule has 6 aromatic carbocycles. The standard InChI is InChI=1S/3C14H12N2OS.Mn/c3*17-13-9-5-4-8-12(13)10-15-16-14(18)11-6-2-1-3-7-11;/h3*1-10,17H,(H,16,18);/q;;;+3/p-3/b15-10+;2*15-10-;. The minimum atomic E-state index is 0. The Morgan fingerprint density at radius 3 is 0.800 bits per heavy atom. The van der Waals surface area contributed by atoms with Crippen LogP contribution in [0.25, 0.3) is 0 Å². The number of hydrogen-bond acceptors (Lipinski definition) is 12. The van der Waals surface area contributed by atoms with Crippen molar-refractivity contribution >= 4 is 71.7 Å². The normalized spacial score (nSPS) is 11.7. The van der Waals surface area contributed by atoms with E-state index in [0.29, 0.717) is 31.8 Å². The molecule has 0 fully saturated rings. The average molecular weight is 821 g/mol. The van der Waals surface area contributed by atoms with E-state index in [9.17, 15) is 15.3 Å². The first-order valence-electron chi connectivity index (χ1n) is 16.2. The molecule has 0 spiro atoms. The summed E-state index contributed by atoms with van der Waals surface area (Å²) in [6, 6.07) is 49.1. The van der Waals surface area contributed by atoms with E-state index in [-0.39, 0.29) is 34.3 Å². The minimum absolute atomic E-state index is 0. The van der Waals surface area contributed by atoms with Crippen LogP contribution in [0.3, 0.4) is 0 Å². The Balaban J connectivity index is 0.000000220. The predicted octanol–water partition coefficient (Wildman–Crippen LogP) is 8.16. The molecule has 0 saturated heterocycles. The molecule has 0 bridgehead atoms. The van der Waals surface area contributed by atoms with Crippen LogP contribution in [0.4, 0.5) is 0 Å². The van der Waals surface area contributed by atoms with E-state index in [4.69, 9.17) is 37.9 Å². The molecule has 3 N–H and O–H groups in total. The van der Waals surface area contributed by atoms with Gasteiger partial charge in [-0.1, -0.05) is 143 Å². The number of nitrogens with zero attached hydrogens (tertiary/aromatic N) is 6. The number of para-hydroxylation sites is 3. The van der Waals surface area contributed by atoms with E-state index in [1.807, 2.05) is 109 Å². The predicted molar refractivity (Wildman–Crippen MR) is 228 cm³/mol. The fourth-order valence-corrected chi connectivity index (χ4v) is 4.69. The van der Waals surface area contributed by atoms with Crippen LogP contribution in [0.5, 0.6) is 17.2 Å². The number of rotatable bonds is 9. The Morgan fingerprint density at radius 1 is 0.345 bits per heavy atom. The molecule has 6 rings (SSSR count). The fraction of sp³-hybridized carbons (Fsp3) is 0. The van der Waals surface area contributed by atoms with Crippen LogP contribution in [-0.2, 0) is 55.0 Å². The molecule has 55 heavy (non-hydrogen) atoms. The topological polar surface area (TPSA) is 135 Å². The molecular weight excluding hydrogens is 788 g/mol. The molecule has 0 aliphatic carbocycles. The van der Waals surface area contributed by atoms with Gasteiger partial charge >= 0.3 is 17.1 Å². The molecule has 0 amide bonds. The second kappa shape index (κ2) is 24.3. The number of benzene rings is 6. The molecule has 0 unspecified atom stereocenters. The molecule has 0 aliphatic heterocycles. The van der Waals surface area contributed by atoms with Crippen molar-refractivity contribution < 1.29 is 32.4 Å². The average Bonchev–Trinajstić information content (AvgIpc) is 3.21. The number of hydrogen-bond donors (Lipinski definition) is 3. The van der Waals surface area contributed by atoms with Gasteiger partial charge in [0.1, 0.15) is 17.2 Å². The van der Waals surface area contributed by atoms with Gasteiger partial charge in [-0.05, 0) is 53.1 Å². The van der Waals surface area contributed by atoms with Gasteiger partial charge < -0.3 is 53.2 Å². The molecule has 0 radical (unpaired) electrons. The van der Waals surface area contributed by atoms with Gasteiger partial charge in [0.15, 0.2) is 0 Å². The zero-order chi connectivity index (χ0) is 38.4. The minimum Gasteiger partial charge on any atom is -0.758 e. The first-order chi connectivity index (χ1) is 26.3. The van der Waals surface area contributed by atoms with Gasteiger partial charge in [-0.25, -0.2) is 0 Å². The van der Waals surface area contributed by atoms with E-state index < -0.39 is 0 Å². The quantitative estimate of drug-likeness (QED) is 0.0443. The number of aromatic hydroxyl groups is 3. The summed E-state index contributed by atoms with van der Waals surface area (Å²) in [6.45, 7) is 0. The molecule has 9 nitrogen and oxygen atoms in total. The van der Waals surface area contributed by atoms with Crippen LogP contribution < -0.4 is 0 Å². The van der Waals surface area contributed by atoms with Crippen molar-refractivity contribution in [2.45, 2.75) is 0 Å². The van der Waals surface area contributed by atoms with Crippen LogP contribution in [0.15, 0.2) is 194 Å². The maximum absolute atomic E-state index is 9.53. The van der Waals surface area contributed by atoms with Gasteiger partial charge in [0, 0.05) is 16.7 Å². The van der Waals surface area contributed by atoms with Crippen molar-refractivity contribution in [3.63, 3.8) is 0 Å². The van der Waals surface area contributed by atoms with Gasteiger partial charge in [0.2, 0.25) is 0 Å². The van der Waals surface area contributed by atoms with E-state index in [0.717, 1.165) is 16.7 Å². The summed E-state index contributed by atoms with van der Waals surface area (Å²) in [5, 5.41) is 53.2. The van der Waals surface area contributed by atoms with Crippen molar-refractivity contribution in [2.24, 2.45) is 30.6 Å². The zero-order valence-electron chi connectivity index (χ0n) is 28.9. The zero-order valence-corrected chi connectivity index (χ0v) is 32.6. The SMILES string of the molecule is Oc1ccccc1/C=N/N=C(\[S-])c1ccccc1.Oc1ccccc1/C=N\N=C(/[S-])c1ccccc1.Oc1ccccc1/C=N\N=C(/[S-])c1ccccc1.[Mn+3]. The maximum atomic E-state index is 9.53. The fourth-order valence-electron chi connectivity index (χ4n) is 4.14. The van der Waals surface area contributed by atoms with Gasteiger partial charge in [0.05, 0.1) is 18.6 Å². The van der Waals surface area contributed by atoms with Crippen molar-refractivity contribution in [2.75, 3.05) is 0 Å².